The predicted molar refractivity (Wildman–Crippen MR) is 178 cm³/mol. The Kier molecular flexibility index (Phi) is 8.84. The summed E-state index contributed by atoms with van der Waals surface area (Å²) in [5, 5.41) is 11.8. The number of benzene rings is 4. The lowest BCUT2D eigenvalue weighted by Crippen LogP contribution is -2.35. The first-order chi connectivity index (χ1) is 21.0. The van der Waals surface area contributed by atoms with Crippen LogP contribution in [0.2, 0.25) is 0 Å². The van der Waals surface area contributed by atoms with E-state index in [1.807, 2.05) is 79.7 Å². The smallest absolute Gasteiger partial charge is 0.258 e. The number of hydrogen-bond donors (Lipinski definition) is 2. The maximum Gasteiger partial charge on any atom is 0.258 e. The van der Waals surface area contributed by atoms with Crippen LogP contribution in [0.3, 0.4) is 0 Å². The molecule has 10 heteroatoms. The van der Waals surface area contributed by atoms with E-state index >= 15 is 0 Å². The van der Waals surface area contributed by atoms with E-state index in [1.165, 1.54) is 10.6 Å². The van der Waals surface area contributed by atoms with Gasteiger partial charge in [-0.05, 0) is 68.7 Å². The molecule has 5 aromatic rings. The Morgan fingerprint density at radius 3 is 2.05 bits per heavy atom. The second kappa shape index (κ2) is 12.7. The SMILES string of the molecule is CN(C)CCN(c1ccc(N=C(c2ccccc2)c2c(O)[nH]c3ccc(C(=O)N(C)c4ccccc4)cc23)cc1)S(C)(=O)=O. The molecule has 9 nitrogen and oxygen atoms in total. The highest BCUT2D eigenvalue weighted by Gasteiger charge is 2.22. The van der Waals surface area contributed by atoms with Crippen LogP contribution >= 0.6 is 0 Å². The number of hydrogen-bond acceptors (Lipinski definition) is 6. The fourth-order valence-electron chi connectivity index (χ4n) is 4.97. The maximum atomic E-state index is 13.5. The Labute approximate surface area is 257 Å². The summed E-state index contributed by atoms with van der Waals surface area (Å²) in [5.74, 6) is -0.268. The molecule has 1 amide bonds. The molecule has 0 aliphatic carbocycles. The van der Waals surface area contributed by atoms with Crippen LogP contribution in [0, 0.1) is 0 Å². The fraction of sp³-hybridized carbons (Fsp3) is 0.176. The lowest BCUT2D eigenvalue weighted by Gasteiger charge is -2.24. The van der Waals surface area contributed by atoms with Crippen molar-refractivity contribution in [2.75, 3.05) is 49.7 Å². The zero-order chi connectivity index (χ0) is 31.4. The number of para-hydroxylation sites is 1. The molecule has 0 fully saturated rings. The average molecular weight is 610 g/mol. The number of amides is 1. The highest BCUT2D eigenvalue weighted by molar-refractivity contribution is 7.92. The van der Waals surface area contributed by atoms with E-state index in [4.69, 9.17) is 4.99 Å². The van der Waals surface area contributed by atoms with Gasteiger partial charge in [0, 0.05) is 47.9 Å². The zero-order valence-corrected chi connectivity index (χ0v) is 25.9. The van der Waals surface area contributed by atoms with Gasteiger partial charge in [-0.15, -0.1) is 0 Å². The number of aromatic hydroxyl groups is 1. The van der Waals surface area contributed by atoms with Gasteiger partial charge in [-0.25, -0.2) is 13.4 Å². The number of likely N-dealkylation sites (N-methyl/N-ethyl adjacent to an activating group) is 1. The third-order valence-electron chi connectivity index (χ3n) is 7.29. The normalized spacial score (nSPS) is 12.1. The number of anilines is 2. The van der Waals surface area contributed by atoms with Crippen molar-refractivity contribution in [2.24, 2.45) is 4.99 Å². The minimum absolute atomic E-state index is 0.0767. The Morgan fingerprint density at radius 1 is 0.795 bits per heavy atom. The Morgan fingerprint density at radius 2 is 1.43 bits per heavy atom. The lowest BCUT2D eigenvalue weighted by atomic mass is 9.99. The highest BCUT2D eigenvalue weighted by Crippen LogP contribution is 2.33. The third kappa shape index (κ3) is 6.66. The standard InChI is InChI=1S/C34H35N5O4S/c1-37(2)21-22-39(44(4,42)43)28-18-16-26(17-19-28)35-32(24-11-7-5-8-12-24)31-29-23-25(15-20-30(29)36-33(31)40)34(41)38(3)27-13-9-6-10-14-27/h5-20,23,36,40H,21-22H2,1-4H3. The average Bonchev–Trinajstić information content (AvgIpc) is 3.34. The molecule has 1 heterocycles. The fourth-order valence-corrected chi connectivity index (χ4v) is 5.89. The van der Waals surface area contributed by atoms with Crippen LogP contribution in [-0.4, -0.2) is 75.5 Å². The molecule has 5 rings (SSSR count). The summed E-state index contributed by atoms with van der Waals surface area (Å²) in [6, 6.07) is 31.1. The summed E-state index contributed by atoms with van der Waals surface area (Å²) in [5.41, 5.74) is 4.69. The van der Waals surface area contributed by atoms with Gasteiger partial charge < -0.3 is 19.9 Å². The summed E-state index contributed by atoms with van der Waals surface area (Å²) in [4.78, 5) is 24.9. The number of fused-ring (bicyclic) bond motifs is 1. The van der Waals surface area contributed by atoms with E-state index in [9.17, 15) is 18.3 Å². The number of aliphatic imine (C=N–C) groups is 1. The van der Waals surface area contributed by atoms with Gasteiger partial charge in [-0.1, -0.05) is 48.5 Å². The van der Waals surface area contributed by atoms with Gasteiger partial charge >= 0.3 is 0 Å². The van der Waals surface area contributed by atoms with Crippen LogP contribution < -0.4 is 9.21 Å². The quantitative estimate of drug-likeness (QED) is 0.199. The van der Waals surface area contributed by atoms with E-state index in [0.717, 1.165) is 11.3 Å². The molecule has 2 N–H and O–H groups in total. The Bertz CT molecular complexity index is 1900. The summed E-state index contributed by atoms with van der Waals surface area (Å²) >= 11 is 0. The highest BCUT2D eigenvalue weighted by atomic mass is 32.2. The molecule has 4 aromatic carbocycles. The van der Waals surface area contributed by atoms with Crippen molar-refractivity contribution >= 4 is 49.6 Å². The number of aromatic amines is 1. The molecule has 0 saturated heterocycles. The molecule has 44 heavy (non-hydrogen) atoms. The molecule has 0 radical (unpaired) electrons. The molecule has 0 aliphatic heterocycles. The topological polar surface area (TPSA) is 109 Å². The van der Waals surface area contributed by atoms with Gasteiger partial charge in [0.15, 0.2) is 5.88 Å². The van der Waals surface area contributed by atoms with Crippen LogP contribution in [0.15, 0.2) is 108 Å². The van der Waals surface area contributed by atoms with Gasteiger partial charge in [0.25, 0.3) is 5.91 Å². The van der Waals surface area contributed by atoms with Gasteiger partial charge in [0.1, 0.15) is 0 Å². The van der Waals surface area contributed by atoms with Crippen molar-refractivity contribution < 1.29 is 18.3 Å². The number of aromatic nitrogens is 1. The molecule has 0 spiro atoms. The van der Waals surface area contributed by atoms with Gasteiger partial charge in [0.05, 0.1) is 28.9 Å². The zero-order valence-electron chi connectivity index (χ0n) is 25.1. The van der Waals surface area contributed by atoms with E-state index in [2.05, 4.69) is 4.98 Å². The number of rotatable bonds is 10. The van der Waals surface area contributed by atoms with E-state index in [0.29, 0.717) is 52.2 Å². The molecule has 0 bridgehead atoms. The van der Waals surface area contributed by atoms with Crippen molar-refractivity contribution in [3.8, 4) is 5.88 Å². The molecule has 0 saturated carbocycles. The van der Waals surface area contributed by atoms with E-state index < -0.39 is 10.0 Å². The molecular weight excluding hydrogens is 574 g/mol. The van der Waals surface area contributed by atoms with Crippen molar-refractivity contribution in [3.05, 3.63) is 120 Å². The number of nitrogens with one attached hydrogen (secondary N) is 1. The molecule has 1 aromatic heterocycles. The monoisotopic (exact) mass is 609 g/mol. The first-order valence-corrected chi connectivity index (χ1v) is 15.9. The summed E-state index contributed by atoms with van der Waals surface area (Å²) in [6.45, 7) is 0.879. The maximum absolute atomic E-state index is 13.5. The largest absolute Gasteiger partial charge is 0.494 e. The molecule has 226 valence electrons. The van der Waals surface area contributed by atoms with Crippen LogP contribution in [-0.2, 0) is 10.0 Å². The van der Waals surface area contributed by atoms with Crippen LogP contribution in [0.25, 0.3) is 10.9 Å². The molecule has 0 aliphatic rings. The number of carbonyl (C=O) groups excluding carboxylic acids is 1. The minimum Gasteiger partial charge on any atom is -0.494 e. The Hall–Kier alpha value is -4.93. The Balaban J connectivity index is 1.58. The summed E-state index contributed by atoms with van der Waals surface area (Å²) in [7, 11) is 2.02. The van der Waals surface area contributed by atoms with Crippen molar-refractivity contribution in [2.45, 2.75) is 0 Å². The number of sulfonamides is 1. The number of H-pyrrole nitrogens is 1. The first kappa shape index (κ1) is 30.5. The van der Waals surface area contributed by atoms with E-state index in [1.54, 1.807) is 54.4 Å². The summed E-state index contributed by atoms with van der Waals surface area (Å²) < 4.78 is 26.4. The minimum atomic E-state index is -3.49. The molecule has 0 unspecified atom stereocenters. The predicted octanol–water partition coefficient (Wildman–Crippen LogP) is 5.65. The van der Waals surface area contributed by atoms with Crippen LogP contribution in [0.5, 0.6) is 5.88 Å². The van der Waals surface area contributed by atoms with Crippen molar-refractivity contribution in [3.63, 3.8) is 0 Å². The summed E-state index contributed by atoms with van der Waals surface area (Å²) in [6.07, 6.45) is 1.19. The number of carbonyl (C=O) groups is 1. The van der Waals surface area contributed by atoms with Crippen molar-refractivity contribution in [1.29, 1.82) is 0 Å². The first-order valence-electron chi connectivity index (χ1n) is 14.1. The third-order valence-corrected chi connectivity index (χ3v) is 8.48. The van der Waals surface area contributed by atoms with Crippen molar-refractivity contribution in [1.82, 2.24) is 9.88 Å². The van der Waals surface area contributed by atoms with Gasteiger partial charge in [0.2, 0.25) is 10.0 Å². The lowest BCUT2D eigenvalue weighted by molar-refractivity contribution is 0.0993. The molecular formula is C34H35N5O4S. The van der Waals surface area contributed by atoms with Crippen LogP contribution in [0.1, 0.15) is 21.5 Å². The van der Waals surface area contributed by atoms with Gasteiger partial charge in [-0.3, -0.25) is 9.10 Å². The molecule has 0 atom stereocenters. The second-order valence-electron chi connectivity index (χ2n) is 10.8. The van der Waals surface area contributed by atoms with Crippen LogP contribution in [0.4, 0.5) is 17.1 Å². The second-order valence-corrected chi connectivity index (χ2v) is 12.7. The van der Waals surface area contributed by atoms with E-state index in [-0.39, 0.29) is 11.8 Å². The number of nitrogens with zero attached hydrogens (tertiary/aromatic N) is 4. The van der Waals surface area contributed by atoms with Gasteiger partial charge in [-0.2, -0.15) is 0 Å².